The number of nitrogens with one attached hydrogen (secondary N) is 1. The van der Waals surface area contributed by atoms with Crippen LogP contribution < -0.4 is 10.7 Å². The Labute approximate surface area is 217 Å². The van der Waals surface area contributed by atoms with E-state index >= 15 is 0 Å². The number of nitrogens with zero attached hydrogens (tertiary/aromatic N) is 3. The molecule has 0 aliphatic heterocycles. The second-order valence-corrected chi connectivity index (χ2v) is 9.25. The van der Waals surface area contributed by atoms with Crippen molar-refractivity contribution in [3.8, 4) is 22.9 Å². The number of halogens is 1. The van der Waals surface area contributed by atoms with Crippen LogP contribution >= 0.6 is 0 Å². The summed E-state index contributed by atoms with van der Waals surface area (Å²) >= 11 is 0. The largest absolute Gasteiger partial charge is 0.481 e. The van der Waals surface area contributed by atoms with Crippen LogP contribution in [0.1, 0.15) is 41.6 Å². The molecule has 4 aromatic rings. The summed E-state index contributed by atoms with van der Waals surface area (Å²) in [5.41, 5.74) is 1.98. The number of pyridine rings is 2. The number of amides is 1. The molecular formula is C29H23FN4O4. The van der Waals surface area contributed by atoms with Crippen LogP contribution in [0.25, 0.3) is 27.8 Å². The van der Waals surface area contributed by atoms with E-state index in [1.165, 1.54) is 12.3 Å². The lowest BCUT2D eigenvalue weighted by molar-refractivity contribution is -0.138. The van der Waals surface area contributed by atoms with Crippen molar-refractivity contribution in [1.82, 2.24) is 14.9 Å². The third kappa shape index (κ3) is 4.52. The Balaban J connectivity index is 1.56. The molecule has 0 bridgehead atoms. The van der Waals surface area contributed by atoms with Crippen molar-refractivity contribution >= 4 is 22.9 Å². The molecule has 0 saturated heterocycles. The Morgan fingerprint density at radius 1 is 1.21 bits per heavy atom. The van der Waals surface area contributed by atoms with Gasteiger partial charge in [-0.1, -0.05) is 31.2 Å². The average Bonchev–Trinajstić information content (AvgIpc) is 3.73. The summed E-state index contributed by atoms with van der Waals surface area (Å²) < 4.78 is 16.6. The first-order chi connectivity index (χ1) is 18.3. The molecule has 9 heteroatoms. The highest BCUT2D eigenvalue weighted by Gasteiger charge is 2.45. The molecule has 1 saturated carbocycles. The lowest BCUT2D eigenvalue weighted by Gasteiger charge is -2.15. The number of carboxylic acid groups (broad SMARTS) is 1. The fourth-order valence-electron chi connectivity index (χ4n) is 4.63. The summed E-state index contributed by atoms with van der Waals surface area (Å²) in [5.74, 6) is -2.90. The van der Waals surface area contributed by atoms with Crippen molar-refractivity contribution in [3.05, 3.63) is 94.2 Å². The number of carbonyl (C=O) groups excluding carboxylic acids is 1. The van der Waals surface area contributed by atoms with E-state index in [1.54, 1.807) is 66.2 Å². The first-order valence-electron chi connectivity index (χ1n) is 12.2. The van der Waals surface area contributed by atoms with Gasteiger partial charge >= 0.3 is 5.97 Å². The van der Waals surface area contributed by atoms with Crippen LogP contribution in [0.15, 0.2) is 71.8 Å². The third-order valence-electron chi connectivity index (χ3n) is 6.84. The molecule has 3 atom stereocenters. The van der Waals surface area contributed by atoms with Gasteiger partial charge in [-0.25, -0.2) is 9.37 Å². The minimum atomic E-state index is -0.918. The monoisotopic (exact) mass is 510 g/mol. The molecule has 2 aromatic carbocycles. The van der Waals surface area contributed by atoms with Gasteiger partial charge in [0, 0.05) is 24.0 Å². The summed E-state index contributed by atoms with van der Waals surface area (Å²) in [6, 6.07) is 16.4. The van der Waals surface area contributed by atoms with E-state index in [1.807, 2.05) is 6.07 Å². The van der Waals surface area contributed by atoms with E-state index in [9.17, 15) is 29.1 Å². The number of carboxylic acids is 1. The molecule has 8 nitrogen and oxygen atoms in total. The second kappa shape index (κ2) is 9.90. The Morgan fingerprint density at radius 3 is 2.68 bits per heavy atom. The highest BCUT2D eigenvalue weighted by molar-refractivity contribution is 5.97. The van der Waals surface area contributed by atoms with Gasteiger partial charge in [-0.2, -0.15) is 5.26 Å². The number of aliphatic carboxylic acids is 1. The Hall–Kier alpha value is -4.84. The van der Waals surface area contributed by atoms with Crippen LogP contribution in [-0.4, -0.2) is 32.6 Å². The average molecular weight is 511 g/mol. The van der Waals surface area contributed by atoms with Crippen LogP contribution in [0.5, 0.6) is 0 Å². The fraction of sp³-hybridized carbons (Fsp3) is 0.207. The quantitative estimate of drug-likeness (QED) is 0.379. The first kappa shape index (κ1) is 24.8. The molecule has 1 aliphatic carbocycles. The topological polar surface area (TPSA) is 125 Å². The van der Waals surface area contributed by atoms with Gasteiger partial charge in [-0.3, -0.25) is 14.4 Å². The fourth-order valence-corrected chi connectivity index (χ4v) is 4.63. The summed E-state index contributed by atoms with van der Waals surface area (Å²) in [6.45, 7) is 1.76. The highest BCUT2D eigenvalue weighted by atomic mass is 19.1. The van der Waals surface area contributed by atoms with Crippen molar-refractivity contribution < 1.29 is 19.1 Å². The van der Waals surface area contributed by atoms with Crippen molar-refractivity contribution in [2.45, 2.75) is 31.7 Å². The summed E-state index contributed by atoms with van der Waals surface area (Å²) in [5, 5.41) is 21.2. The molecule has 0 spiro atoms. The number of fused-ring (bicyclic) bond motifs is 1. The number of rotatable bonds is 7. The number of carbonyl (C=O) groups is 2. The van der Waals surface area contributed by atoms with E-state index < -0.39 is 35.1 Å². The molecule has 2 N–H and O–H groups in total. The van der Waals surface area contributed by atoms with Crippen LogP contribution in [0.3, 0.4) is 0 Å². The maximum Gasteiger partial charge on any atom is 0.307 e. The minimum absolute atomic E-state index is 0.127. The maximum absolute atomic E-state index is 14.9. The zero-order valence-electron chi connectivity index (χ0n) is 20.4. The normalized spacial score (nSPS) is 17.0. The molecule has 38 heavy (non-hydrogen) atoms. The van der Waals surface area contributed by atoms with Gasteiger partial charge in [-0.05, 0) is 59.9 Å². The van der Waals surface area contributed by atoms with Gasteiger partial charge in [0.15, 0.2) is 0 Å². The van der Waals surface area contributed by atoms with Gasteiger partial charge in [0.2, 0.25) is 5.43 Å². The van der Waals surface area contributed by atoms with Crippen LogP contribution in [0.2, 0.25) is 0 Å². The van der Waals surface area contributed by atoms with E-state index in [0.29, 0.717) is 40.9 Å². The smallest absolute Gasteiger partial charge is 0.307 e. The van der Waals surface area contributed by atoms with Crippen molar-refractivity contribution in [2.75, 3.05) is 0 Å². The Bertz CT molecular complexity index is 1690. The molecule has 190 valence electrons. The number of aromatic nitrogens is 2. The van der Waals surface area contributed by atoms with Gasteiger partial charge in [0.1, 0.15) is 23.1 Å². The molecule has 1 fully saturated rings. The van der Waals surface area contributed by atoms with Gasteiger partial charge in [0.25, 0.3) is 5.91 Å². The number of hydrogen-bond donors (Lipinski definition) is 2. The summed E-state index contributed by atoms with van der Waals surface area (Å²) in [7, 11) is 0. The maximum atomic E-state index is 14.9. The van der Waals surface area contributed by atoms with Gasteiger partial charge in [0.05, 0.1) is 17.4 Å². The zero-order valence-corrected chi connectivity index (χ0v) is 20.4. The number of hydrogen-bond acceptors (Lipinski definition) is 5. The van der Waals surface area contributed by atoms with Gasteiger partial charge < -0.3 is 15.0 Å². The molecule has 2 aromatic heterocycles. The lowest BCUT2D eigenvalue weighted by Crippen LogP contribution is -2.36. The van der Waals surface area contributed by atoms with Crippen LogP contribution in [-0.2, 0) is 4.79 Å². The number of benzene rings is 2. The zero-order chi connectivity index (χ0) is 27.0. The summed E-state index contributed by atoms with van der Waals surface area (Å²) in [4.78, 5) is 41.6. The Morgan fingerprint density at radius 2 is 2.00 bits per heavy atom. The standard InChI is InChI=1S/C29H23FN4O4/c1-2-18(14-31)33-28(36)24-15-34(27-21(26(24)35)7-4-10-32-27)19-6-3-5-16(11-19)17-8-9-20(25(30)12-17)22-13-23(22)29(37)38/h3-12,15,18,22-23H,2,13H2,1H3,(H,33,36)(H,37,38). The predicted octanol–water partition coefficient (Wildman–Crippen LogP) is 4.41. The number of nitriles is 1. The Kier molecular flexibility index (Phi) is 6.47. The second-order valence-electron chi connectivity index (χ2n) is 9.25. The molecule has 2 heterocycles. The molecule has 3 unspecified atom stereocenters. The van der Waals surface area contributed by atoms with E-state index in [2.05, 4.69) is 10.3 Å². The van der Waals surface area contributed by atoms with Gasteiger partial charge in [-0.15, -0.1) is 0 Å². The lowest BCUT2D eigenvalue weighted by atomic mass is 10.0. The van der Waals surface area contributed by atoms with Crippen LogP contribution in [0, 0.1) is 23.1 Å². The van der Waals surface area contributed by atoms with Crippen molar-refractivity contribution in [3.63, 3.8) is 0 Å². The van der Waals surface area contributed by atoms with Crippen molar-refractivity contribution in [1.29, 1.82) is 5.26 Å². The molecule has 0 radical (unpaired) electrons. The molecular weight excluding hydrogens is 487 g/mol. The molecule has 5 rings (SSSR count). The van der Waals surface area contributed by atoms with Crippen LogP contribution in [0.4, 0.5) is 4.39 Å². The third-order valence-corrected chi connectivity index (χ3v) is 6.84. The highest BCUT2D eigenvalue weighted by Crippen LogP contribution is 2.48. The first-order valence-corrected chi connectivity index (χ1v) is 12.2. The predicted molar refractivity (Wildman–Crippen MR) is 138 cm³/mol. The van der Waals surface area contributed by atoms with Crippen molar-refractivity contribution in [2.24, 2.45) is 5.92 Å². The van der Waals surface area contributed by atoms with E-state index in [4.69, 9.17) is 0 Å². The van der Waals surface area contributed by atoms with E-state index in [0.717, 1.165) is 0 Å². The SMILES string of the molecule is CCC(C#N)NC(=O)c1cn(-c2cccc(-c3ccc(C4CC4C(=O)O)c(F)c3)c2)c2ncccc2c1=O. The summed E-state index contributed by atoms with van der Waals surface area (Å²) in [6.07, 6.45) is 3.76. The van der Waals surface area contributed by atoms with E-state index in [-0.39, 0.29) is 16.9 Å². The molecule has 1 amide bonds. The molecule has 1 aliphatic rings. The minimum Gasteiger partial charge on any atom is -0.481 e.